The minimum atomic E-state index is -0.0742. The molecule has 0 atom stereocenters. The Morgan fingerprint density at radius 2 is 2.00 bits per heavy atom. The molecule has 0 bridgehead atoms. The van der Waals surface area contributed by atoms with Crippen LogP contribution in [-0.2, 0) is 0 Å². The van der Waals surface area contributed by atoms with Crippen molar-refractivity contribution in [3.05, 3.63) is 23.8 Å². The minimum Gasteiger partial charge on any atom is -0.493 e. The van der Waals surface area contributed by atoms with E-state index in [-0.39, 0.29) is 5.91 Å². The number of ether oxygens (including phenoxy) is 2. The van der Waals surface area contributed by atoms with Crippen LogP contribution in [0.4, 0.5) is 0 Å². The maximum atomic E-state index is 12.6. The molecule has 0 aliphatic rings. The van der Waals surface area contributed by atoms with Crippen LogP contribution in [0.25, 0.3) is 0 Å². The van der Waals surface area contributed by atoms with Gasteiger partial charge in [0.1, 0.15) is 0 Å². The number of halogens is 1. The monoisotopic (exact) mass is 299 g/mol. The summed E-state index contributed by atoms with van der Waals surface area (Å²) < 4.78 is 10.5. The first-order valence-electron chi connectivity index (χ1n) is 6.75. The first-order chi connectivity index (χ1) is 9.69. The van der Waals surface area contributed by atoms with Gasteiger partial charge in [-0.1, -0.05) is 19.4 Å². The van der Waals surface area contributed by atoms with E-state index in [0.29, 0.717) is 36.0 Å². The van der Waals surface area contributed by atoms with Crippen LogP contribution in [0, 0.1) is 0 Å². The van der Waals surface area contributed by atoms with Gasteiger partial charge in [-0.15, -0.1) is 11.6 Å². The van der Waals surface area contributed by atoms with Crippen molar-refractivity contribution in [3.8, 4) is 11.5 Å². The van der Waals surface area contributed by atoms with Gasteiger partial charge in [0.25, 0.3) is 5.91 Å². The number of hydrogen-bond acceptors (Lipinski definition) is 3. The van der Waals surface area contributed by atoms with E-state index in [1.54, 1.807) is 30.2 Å². The molecule has 0 aliphatic carbocycles. The van der Waals surface area contributed by atoms with E-state index in [1.807, 2.05) is 0 Å². The molecule has 0 aromatic heterocycles. The average Bonchev–Trinajstić information content (AvgIpc) is 2.49. The Hall–Kier alpha value is -1.42. The van der Waals surface area contributed by atoms with Crippen LogP contribution in [0.1, 0.15) is 30.1 Å². The van der Waals surface area contributed by atoms with Crippen LogP contribution in [0.2, 0.25) is 0 Å². The zero-order valence-corrected chi connectivity index (χ0v) is 13.1. The molecular weight excluding hydrogens is 278 g/mol. The number of para-hydroxylation sites is 1. The van der Waals surface area contributed by atoms with Crippen LogP contribution in [0.3, 0.4) is 0 Å². The summed E-state index contributed by atoms with van der Waals surface area (Å²) >= 11 is 5.79. The SMILES string of the molecule is CCCCN(CCCl)C(=O)c1cccc(OC)c1OC. The van der Waals surface area contributed by atoms with Crippen LogP contribution >= 0.6 is 11.6 Å². The van der Waals surface area contributed by atoms with Crippen LogP contribution in [0.5, 0.6) is 11.5 Å². The van der Waals surface area contributed by atoms with Crippen LogP contribution in [0.15, 0.2) is 18.2 Å². The molecule has 0 spiro atoms. The van der Waals surface area contributed by atoms with E-state index < -0.39 is 0 Å². The molecule has 5 heteroatoms. The predicted octanol–water partition coefficient (Wildman–Crippen LogP) is 3.18. The number of carbonyl (C=O) groups excluding carboxylic acids is 1. The van der Waals surface area contributed by atoms with Crippen molar-refractivity contribution in [3.63, 3.8) is 0 Å². The Kier molecular flexibility index (Phi) is 7.23. The Balaban J connectivity index is 3.04. The molecule has 0 saturated carbocycles. The van der Waals surface area contributed by atoms with Crippen LogP contribution < -0.4 is 9.47 Å². The van der Waals surface area contributed by atoms with Crippen molar-refractivity contribution < 1.29 is 14.3 Å². The molecule has 0 N–H and O–H groups in total. The second-order valence-corrected chi connectivity index (χ2v) is 4.75. The summed E-state index contributed by atoms with van der Waals surface area (Å²) in [6, 6.07) is 5.30. The summed E-state index contributed by atoms with van der Waals surface area (Å²) in [5, 5.41) is 0. The van der Waals surface area contributed by atoms with Crippen molar-refractivity contribution >= 4 is 17.5 Å². The van der Waals surface area contributed by atoms with Gasteiger partial charge in [0.15, 0.2) is 11.5 Å². The number of hydrogen-bond donors (Lipinski definition) is 0. The van der Waals surface area contributed by atoms with E-state index >= 15 is 0 Å². The number of alkyl halides is 1. The van der Waals surface area contributed by atoms with Crippen molar-refractivity contribution in [1.29, 1.82) is 0 Å². The van der Waals surface area contributed by atoms with E-state index in [9.17, 15) is 4.79 Å². The maximum Gasteiger partial charge on any atom is 0.257 e. The molecule has 1 aromatic rings. The molecule has 1 rings (SSSR count). The van der Waals surface area contributed by atoms with Gasteiger partial charge in [0.05, 0.1) is 19.8 Å². The van der Waals surface area contributed by atoms with E-state index in [0.717, 1.165) is 12.8 Å². The van der Waals surface area contributed by atoms with Crippen molar-refractivity contribution in [2.24, 2.45) is 0 Å². The quantitative estimate of drug-likeness (QED) is 0.692. The molecule has 0 unspecified atom stereocenters. The van der Waals surface area contributed by atoms with E-state index in [2.05, 4.69) is 6.92 Å². The normalized spacial score (nSPS) is 10.2. The van der Waals surface area contributed by atoms with E-state index in [1.165, 1.54) is 7.11 Å². The molecule has 0 heterocycles. The van der Waals surface area contributed by atoms with Crippen LogP contribution in [-0.4, -0.2) is 44.0 Å². The highest BCUT2D eigenvalue weighted by Gasteiger charge is 2.21. The fourth-order valence-electron chi connectivity index (χ4n) is 1.99. The lowest BCUT2D eigenvalue weighted by molar-refractivity contribution is 0.0759. The number of nitrogens with zero attached hydrogens (tertiary/aromatic N) is 1. The van der Waals surface area contributed by atoms with Gasteiger partial charge in [0.2, 0.25) is 0 Å². The van der Waals surface area contributed by atoms with Gasteiger partial charge >= 0.3 is 0 Å². The van der Waals surface area contributed by atoms with Gasteiger partial charge in [-0.05, 0) is 18.6 Å². The van der Waals surface area contributed by atoms with Crippen molar-refractivity contribution in [1.82, 2.24) is 4.90 Å². The van der Waals surface area contributed by atoms with Crippen molar-refractivity contribution in [2.75, 3.05) is 33.2 Å². The number of benzene rings is 1. The Labute approximate surface area is 125 Å². The standard InChI is InChI=1S/C15H22ClNO3/c1-4-5-10-17(11-9-16)15(18)12-7-6-8-13(19-2)14(12)20-3/h6-8H,4-5,9-11H2,1-3H3. The molecule has 0 aliphatic heterocycles. The fourth-order valence-corrected chi connectivity index (χ4v) is 2.20. The minimum absolute atomic E-state index is 0.0742. The summed E-state index contributed by atoms with van der Waals surface area (Å²) in [6.45, 7) is 3.32. The highest BCUT2D eigenvalue weighted by molar-refractivity contribution is 6.18. The average molecular weight is 300 g/mol. The molecule has 0 saturated heterocycles. The summed E-state index contributed by atoms with van der Waals surface area (Å²) in [4.78, 5) is 14.4. The van der Waals surface area contributed by atoms with E-state index in [4.69, 9.17) is 21.1 Å². The zero-order chi connectivity index (χ0) is 15.0. The molecular formula is C15H22ClNO3. The summed E-state index contributed by atoms with van der Waals surface area (Å²) in [6.07, 6.45) is 1.98. The smallest absolute Gasteiger partial charge is 0.257 e. The number of rotatable bonds is 8. The predicted molar refractivity (Wildman–Crippen MR) is 81.1 cm³/mol. The van der Waals surface area contributed by atoms with Gasteiger partial charge in [-0.3, -0.25) is 4.79 Å². The highest BCUT2D eigenvalue weighted by atomic mass is 35.5. The third-order valence-corrected chi connectivity index (χ3v) is 3.23. The lowest BCUT2D eigenvalue weighted by atomic mass is 10.1. The van der Waals surface area contributed by atoms with Crippen molar-refractivity contribution in [2.45, 2.75) is 19.8 Å². The number of carbonyl (C=O) groups is 1. The first kappa shape index (κ1) is 16.6. The summed E-state index contributed by atoms with van der Waals surface area (Å²) in [5.74, 6) is 1.37. The highest BCUT2D eigenvalue weighted by Crippen LogP contribution is 2.31. The molecule has 4 nitrogen and oxygen atoms in total. The van der Waals surface area contributed by atoms with Gasteiger partial charge in [-0.2, -0.15) is 0 Å². The number of amides is 1. The largest absolute Gasteiger partial charge is 0.493 e. The Bertz CT molecular complexity index is 437. The fraction of sp³-hybridized carbons (Fsp3) is 0.533. The second kappa shape index (κ2) is 8.69. The number of unbranched alkanes of at least 4 members (excludes halogenated alkanes) is 1. The number of methoxy groups -OCH3 is 2. The lowest BCUT2D eigenvalue weighted by Crippen LogP contribution is -2.34. The lowest BCUT2D eigenvalue weighted by Gasteiger charge is -2.23. The van der Waals surface area contributed by atoms with Gasteiger partial charge in [0, 0.05) is 19.0 Å². The first-order valence-corrected chi connectivity index (χ1v) is 7.29. The van der Waals surface area contributed by atoms with Gasteiger partial charge in [-0.25, -0.2) is 0 Å². The maximum absolute atomic E-state index is 12.6. The van der Waals surface area contributed by atoms with Gasteiger partial charge < -0.3 is 14.4 Å². The zero-order valence-electron chi connectivity index (χ0n) is 12.3. The molecule has 0 fully saturated rings. The second-order valence-electron chi connectivity index (χ2n) is 4.38. The Morgan fingerprint density at radius 1 is 1.25 bits per heavy atom. The Morgan fingerprint density at radius 3 is 2.55 bits per heavy atom. The third-order valence-electron chi connectivity index (χ3n) is 3.06. The molecule has 0 radical (unpaired) electrons. The topological polar surface area (TPSA) is 38.8 Å². The molecule has 20 heavy (non-hydrogen) atoms. The molecule has 1 aromatic carbocycles. The summed E-state index contributed by atoms with van der Waals surface area (Å²) in [5.41, 5.74) is 0.507. The molecule has 112 valence electrons. The summed E-state index contributed by atoms with van der Waals surface area (Å²) in [7, 11) is 3.09. The molecule has 1 amide bonds. The third kappa shape index (κ3) is 4.04.